The highest BCUT2D eigenvalue weighted by Crippen LogP contribution is 2.37. The average Bonchev–Trinajstić information content (AvgIpc) is 3.25. The van der Waals surface area contributed by atoms with Gasteiger partial charge in [-0.3, -0.25) is 4.79 Å². The van der Waals surface area contributed by atoms with Crippen LogP contribution in [0.5, 0.6) is 0 Å². The maximum Gasteiger partial charge on any atom is 0.236 e. The van der Waals surface area contributed by atoms with Crippen LogP contribution in [0.25, 0.3) is 11.5 Å². The van der Waals surface area contributed by atoms with Crippen molar-refractivity contribution in [3.63, 3.8) is 0 Å². The van der Waals surface area contributed by atoms with Gasteiger partial charge in [-0.15, -0.1) is 0 Å². The Labute approximate surface area is 192 Å². The number of hydrogen-bond donors (Lipinski definition) is 0. The Balaban J connectivity index is 1.77. The summed E-state index contributed by atoms with van der Waals surface area (Å²) in [7, 11) is -3.94. The molecule has 3 aromatic rings. The van der Waals surface area contributed by atoms with Crippen LogP contribution in [-0.2, 0) is 14.6 Å². The summed E-state index contributed by atoms with van der Waals surface area (Å²) in [6.07, 6.45) is 0.437. The third kappa shape index (κ3) is 4.25. The van der Waals surface area contributed by atoms with Gasteiger partial charge in [-0.1, -0.05) is 48.4 Å². The van der Waals surface area contributed by atoms with Crippen LogP contribution < -0.4 is 4.90 Å². The summed E-state index contributed by atoms with van der Waals surface area (Å²) in [5.41, 5.74) is 1.47. The van der Waals surface area contributed by atoms with E-state index in [0.29, 0.717) is 43.2 Å². The van der Waals surface area contributed by atoms with Gasteiger partial charge >= 0.3 is 0 Å². The minimum Gasteiger partial charge on any atom is -0.419 e. The predicted octanol–water partition coefficient (Wildman–Crippen LogP) is 4.19. The van der Waals surface area contributed by atoms with Crippen LogP contribution in [0.4, 0.5) is 5.88 Å². The zero-order chi connectivity index (χ0) is 22.9. The summed E-state index contributed by atoms with van der Waals surface area (Å²) in [6, 6.07) is 13.6. The quantitative estimate of drug-likeness (QED) is 0.552. The van der Waals surface area contributed by atoms with Gasteiger partial charge in [0.1, 0.15) is 0 Å². The number of amides is 1. The molecule has 0 atom stereocenters. The fourth-order valence-electron chi connectivity index (χ4n) is 3.63. The maximum absolute atomic E-state index is 13.5. The highest BCUT2D eigenvalue weighted by Gasteiger charge is 2.33. The normalized spacial score (nSPS) is 14.6. The number of halogens is 1. The molecular weight excluding hydrogens is 450 g/mol. The molecule has 1 aliphatic rings. The van der Waals surface area contributed by atoms with Crippen LogP contribution in [-0.4, -0.2) is 50.4 Å². The Morgan fingerprint density at radius 2 is 1.72 bits per heavy atom. The molecule has 0 aliphatic carbocycles. The molecule has 2 aromatic carbocycles. The molecule has 0 saturated carbocycles. The number of carbonyl (C=O) groups is 1. The van der Waals surface area contributed by atoms with Crippen LogP contribution in [0.2, 0.25) is 5.02 Å². The van der Waals surface area contributed by atoms with Gasteiger partial charge in [0.15, 0.2) is 0 Å². The van der Waals surface area contributed by atoms with Crippen LogP contribution in [0, 0.1) is 6.92 Å². The first-order valence-electron chi connectivity index (χ1n) is 10.4. The molecule has 0 radical (unpaired) electrons. The molecule has 9 heteroatoms. The molecular formula is C23H24ClN3O4S. The van der Waals surface area contributed by atoms with E-state index in [0.717, 1.165) is 5.56 Å². The Hall–Kier alpha value is -2.84. The Kier molecular flexibility index (Phi) is 6.26. The number of aromatic nitrogens is 1. The first-order chi connectivity index (χ1) is 15.3. The number of hydrogen-bond acceptors (Lipinski definition) is 6. The molecule has 1 amide bonds. The summed E-state index contributed by atoms with van der Waals surface area (Å²) < 4.78 is 33.0. The van der Waals surface area contributed by atoms with E-state index < -0.39 is 9.84 Å². The molecule has 7 nitrogen and oxygen atoms in total. The molecule has 1 fully saturated rings. The number of anilines is 1. The van der Waals surface area contributed by atoms with Gasteiger partial charge in [-0.05, 0) is 31.2 Å². The number of rotatable bonds is 5. The van der Waals surface area contributed by atoms with Crippen LogP contribution in [0.15, 0.2) is 62.9 Å². The zero-order valence-corrected chi connectivity index (χ0v) is 19.5. The van der Waals surface area contributed by atoms with E-state index in [1.807, 2.05) is 18.7 Å². The second-order valence-electron chi connectivity index (χ2n) is 7.65. The van der Waals surface area contributed by atoms with Gasteiger partial charge in [-0.2, -0.15) is 4.98 Å². The summed E-state index contributed by atoms with van der Waals surface area (Å²) in [5.74, 6) is 0.388. The summed E-state index contributed by atoms with van der Waals surface area (Å²) in [4.78, 5) is 20.2. The van der Waals surface area contributed by atoms with Crippen molar-refractivity contribution in [2.75, 3.05) is 31.1 Å². The van der Waals surface area contributed by atoms with Crippen molar-refractivity contribution in [2.45, 2.75) is 30.2 Å². The Morgan fingerprint density at radius 1 is 1.06 bits per heavy atom. The van der Waals surface area contributed by atoms with Crippen molar-refractivity contribution in [1.29, 1.82) is 0 Å². The van der Waals surface area contributed by atoms with Gasteiger partial charge in [0.2, 0.25) is 32.5 Å². The second-order valence-corrected chi connectivity index (χ2v) is 9.92. The van der Waals surface area contributed by atoms with Crippen LogP contribution >= 0.6 is 11.6 Å². The van der Waals surface area contributed by atoms with Crippen molar-refractivity contribution in [3.8, 4) is 11.5 Å². The zero-order valence-electron chi connectivity index (χ0n) is 17.9. The number of piperazine rings is 1. The standard InChI is InChI=1S/C23H24ClN3O4S/c1-3-20(28)26-12-14-27(15-13-26)23-22(32(29,30)17-10-8-16(2)9-11-17)25-21(31-23)18-6-4-5-7-19(18)24/h4-11H,3,12-15H2,1-2H3. The molecule has 0 bridgehead atoms. The number of benzene rings is 2. The molecule has 168 valence electrons. The maximum atomic E-state index is 13.5. The first kappa shape index (κ1) is 22.4. The largest absolute Gasteiger partial charge is 0.419 e. The molecule has 0 N–H and O–H groups in total. The van der Waals surface area contributed by atoms with Crippen molar-refractivity contribution in [1.82, 2.24) is 9.88 Å². The van der Waals surface area contributed by atoms with Crippen molar-refractivity contribution in [3.05, 3.63) is 59.1 Å². The SMILES string of the molecule is CCC(=O)N1CCN(c2oc(-c3ccccc3Cl)nc2S(=O)(=O)c2ccc(C)cc2)CC1. The van der Waals surface area contributed by atoms with Gasteiger partial charge in [0.05, 0.1) is 15.5 Å². The third-order valence-corrected chi connectivity index (χ3v) is 7.49. The Morgan fingerprint density at radius 3 is 2.34 bits per heavy atom. The van der Waals surface area contributed by atoms with E-state index in [1.165, 1.54) is 0 Å². The predicted molar refractivity (Wildman–Crippen MR) is 123 cm³/mol. The Bertz CT molecular complexity index is 1230. The van der Waals surface area contributed by atoms with Crippen molar-refractivity contribution in [2.24, 2.45) is 0 Å². The number of aryl methyl sites for hydroxylation is 1. The van der Waals surface area contributed by atoms with Crippen molar-refractivity contribution < 1.29 is 17.6 Å². The number of oxazole rings is 1. The highest BCUT2D eigenvalue weighted by atomic mass is 35.5. The fraction of sp³-hybridized carbons (Fsp3) is 0.304. The van der Waals surface area contributed by atoms with Gasteiger partial charge in [-0.25, -0.2) is 8.42 Å². The lowest BCUT2D eigenvalue weighted by Crippen LogP contribution is -2.48. The van der Waals surface area contributed by atoms with Gasteiger partial charge in [0, 0.05) is 32.6 Å². The van der Waals surface area contributed by atoms with E-state index in [-0.39, 0.29) is 27.6 Å². The number of sulfone groups is 1. The van der Waals surface area contributed by atoms with Crippen LogP contribution in [0.1, 0.15) is 18.9 Å². The molecule has 4 rings (SSSR count). The molecule has 1 saturated heterocycles. The lowest BCUT2D eigenvalue weighted by molar-refractivity contribution is -0.131. The van der Waals surface area contributed by atoms with E-state index in [1.54, 1.807) is 53.4 Å². The molecule has 1 aromatic heterocycles. The molecule has 0 spiro atoms. The third-order valence-electron chi connectivity index (χ3n) is 5.49. The van der Waals surface area contributed by atoms with Gasteiger partial charge in [0.25, 0.3) is 0 Å². The van der Waals surface area contributed by atoms with Crippen molar-refractivity contribution >= 4 is 33.2 Å². The lowest BCUT2D eigenvalue weighted by Gasteiger charge is -2.34. The van der Waals surface area contributed by atoms with E-state index in [2.05, 4.69) is 4.98 Å². The average molecular weight is 474 g/mol. The minimum absolute atomic E-state index is 0.0754. The van der Waals surface area contributed by atoms with E-state index in [4.69, 9.17) is 16.0 Å². The number of nitrogens with zero attached hydrogens (tertiary/aromatic N) is 3. The second kappa shape index (κ2) is 8.96. The monoisotopic (exact) mass is 473 g/mol. The molecule has 2 heterocycles. The molecule has 32 heavy (non-hydrogen) atoms. The lowest BCUT2D eigenvalue weighted by atomic mass is 10.2. The van der Waals surface area contributed by atoms with Gasteiger partial charge < -0.3 is 14.2 Å². The summed E-state index contributed by atoms with van der Waals surface area (Å²) >= 11 is 6.32. The summed E-state index contributed by atoms with van der Waals surface area (Å²) in [5, 5.41) is 0.268. The smallest absolute Gasteiger partial charge is 0.236 e. The van der Waals surface area contributed by atoms with Crippen LogP contribution in [0.3, 0.4) is 0 Å². The minimum atomic E-state index is -3.94. The topological polar surface area (TPSA) is 83.7 Å². The summed E-state index contributed by atoms with van der Waals surface area (Å²) in [6.45, 7) is 5.58. The molecule has 1 aliphatic heterocycles. The van der Waals surface area contributed by atoms with E-state index in [9.17, 15) is 13.2 Å². The fourth-order valence-corrected chi connectivity index (χ4v) is 5.17. The first-order valence-corrected chi connectivity index (χ1v) is 12.3. The van der Waals surface area contributed by atoms with E-state index >= 15 is 0 Å². The molecule has 0 unspecified atom stereocenters. The number of carbonyl (C=O) groups excluding carboxylic acids is 1. The highest BCUT2D eigenvalue weighted by molar-refractivity contribution is 7.91.